The van der Waals surface area contributed by atoms with E-state index in [-0.39, 0.29) is 5.69 Å². The first-order valence-electron chi connectivity index (χ1n) is 4.65. The number of esters is 1. The Balaban J connectivity index is 2.52. The lowest BCUT2D eigenvalue weighted by Crippen LogP contribution is -2.13. The van der Waals surface area contributed by atoms with Crippen LogP contribution in [0, 0.1) is 0 Å². The van der Waals surface area contributed by atoms with Crippen molar-refractivity contribution in [2.24, 2.45) is 7.05 Å². The van der Waals surface area contributed by atoms with Crippen LogP contribution in [0.15, 0.2) is 22.1 Å². The highest BCUT2D eigenvalue weighted by Crippen LogP contribution is 2.15. The van der Waals surface area contributed by atoms with E-state index >= 15 is 0 Å². The molecule has 16 heavy (non-hydrogen) atoms. The number of aromatic amines is 1. The molecule has 0 aliphatic heterocycles. The second-order valence-electron chi connectivity index (χ2n) is 2.98. The molecule has 0 spiro atoms. The largest absolute Gasteiger partial charge is 0.463 e. The number of thioether (sulfide) groups is 1. The smallest absolute Gasteiger partial charge is 0.343 e. The minimum Gasteiger partial charge on any atom is -0.463 e. The Bertz CT molecular complexity index is 449. The average Bonchev–Trinajstić information content (AvgIpc) is 2.57. The molecule has 0 unspecified atom stereocenters. The summed E-state index contributed by atoms with van der Waals surface area (Å²) in [4.78, 5) is 22.3. The topological polar surface area (TPSA) is 77.0 Å². The maximum absolute atomic E-state index is 11.2. The monoisotopic (exact) mass is 243 g/mol. The summed E-state index contributed by atoms with van der Waals surface area (Å²) >= 11 is 1.25. The number of carbonyl (C=O) groups is 1. The van der Waals surface area contributed by atoms with Gasteiger partial charge in [-0.05, 0) is 6.92 Å². The normalized spacial score (nSPS) is 10.1. The fraction of sp³-hybridized carbons (Fsp3) is 0.444. The average molecular weight is 243 g/mol. The Morgan fingerprint density at radius 1 is 1.69 bits per heavy atom. The maximum atomic E-state index is 11.2. The highest BCUT2D eigenvalue weighted by atomic mass is 32.2. The van der Waals surface area contributed by atoms with Crippen LogP contribution in [0.3, 0.4) is 0 Å². The molecular weight excluding hydrogens is 230 g/mol. The number of nitrogens with one attached hydrogen (secondary N) is 1. The van der Waals surface area contributed by atoms with Crippen LogP contribution in [-0.2, 0) is 16.6 Å². The minimum absolute atomic E-state index is 0.288. The second-order valence-corrected chi connectivity index (χ2v) is 3.93. The Morgan fingerprint density at radius 3 is 2.88 bits per heavy atom. The Labute approximate surface area is 96.7 Å². The summed E-state index contributed by atoms with van der Waals surface area (Å²) in [6, 6.07) is 0. The molecule has 0 fully saturated rings. The third-order valence-electron chi connectivity index (χ3n) is 1.78. The van der Waals surface area contributed by atoms with Gasteiger partial charge in [-0.15, -0.1) is 5.10 Å². The fourth-order valence-corrected chi connectivity index (χ4v) is 1.71. The zero-order chi connectivity index (χ0) is 12.1. The van der Waals surface area contributed by atoms with Crippen molar-refractivity contribution in [2.75, 3.05) is 12.4 Å². The van der Waals surface area contributed by atoms with Gasteiger partial charge in [0.15, 0.2) is 5.16 Å². The van der Waals surface area contributed by atoms with Crippen LogP contribution in [-0.4, -0.2) is 33.1 Å². The van der Waals surface area contributed by atoms with Crippen molar-refractivity contribution in [3.05, 3.63) is 22.6 Å². The number of carbonyl (C=O) groups excluding carboxylic acids is 1. The molecule has 7 heteroatoms. The van der Waals surface area contributed by atoms with E-state index in [0.29, 0.717) is 23.1 Å². The molecule has 0 radical (unpaired) electrons. The number of rotatable bonds is 5. The molecule has 0 amide bonds. The SMILES string of the molecule is C=C(CSc1n[nH]c(=O)n1C)C(=O)OCC. The third kappa shape index (κ3) is 2.99. The maximum Gasteiger partial charge on any atom is 0.343 e. The number of hydrogen-bond acceptors (Lipinski definition) is 5. The summed E-state index contributed by atoms with van der Waals surface area (Å²) in [6.07, 6.45) is 0. The summed E-state index contributed by atoms with van der Waals surface area (Å²) in [6.45, 7) is 5.66. The quantitative estimate of drug-likeness (QED) is 0.458. The number of H-pyrrole nitrogens is 1. The molecule has 0 bridgehead atoms. The zero-order valence-corrected chi connectivity index (χ0v) is 9.97. The van der Waals surface area contributed by atoms with Crippen molar-refractivity contribution in [3.8, 4) is 0 Å². The van der Waals surface area contributed by atoms with Crippen molar-refractivity contribution in [3.63, 3.8) is 0 Å². The highest BCUT2D eigenvalue weighted by molar-refractivity contribution is 7.99. The Hall–Kier alpha value is -1.50. The third-order valence-corrected chi connectivity index (χ3v) is 2.89. The molecule has 0 aliphatic carbocycles. The van der Waals surface area contributed by atoms with E-state index in [1.54, 1.807) is 14.0 Å². The molecule has 6 nitrogen and oxygen atoms in total. The lowest BCUT2D eigenvalue weighted by molar-refractivity contribution is -0.138. The molecule has 0 saturated carbocycles. The number of hydrogen-bond donors (Lipinski definition) is 1. The lowest BCUT2D eigenvalue weighted by Gasteiger charge is -2.03. The van der Waals surface area contributed by atoms with Gasteiger partial charge in [0.05, 0.1) is 6.61 Å². The van der Waals surface area contributed by atoms with Crippen LogP contribution in [0.25, 0.3) is 0 Å². The first kappa shape index (κ1) is 12.6. The molecule has 88 valence electrons. The van der Waals surface area contributed by atoms with E-state index in [0.717, 1.165) is 0 Å². The van der Waals surface area contributed by atoms with E-state index < -0.39 is 5.97 Å². The molecule has 0 saturated heterocycles. The van der Waals surface area contributed by atoms with Gasteiger partial charge in [0.2, 0.25) is 0 Å². The van der Waals surface area contributed by atoms with Gasteiger partial charge in [-0.3, -0.25) is 4.57 Å². The number of ether oxygens (including phenoxy) is 1. The van der Waals surface area contributed by atoms with Crippen LogP contribution in [0.2, 0.25) is 0 Å². The summed E-state index contributed by atoms with van der Waals surface area (Å²) in [5.41, 5.74) is 0.0616. The first-order chi connectivity index (χ1) is 7.56. The van der Waals surface area contributed by atoms with E-state index in [4.69, 9.17) is 4.74 Å². The van der Waals surface area contributed by atoms with E-state index in [1.807, 2.05) is 0 Å². The standard InChI is InChI=1S/C9H13N3O3S/c1-4-15-7(13)6(2)5-16-9-11-10-8(14)12(9)3/h2,4-5H2,1,3H3,(H,10,14). The van der Waals surface area contributed by atoms with Crippen molar-refractivity contribution < 1.29 is 9.53 Å². The molecule has 1 heterocycles. The second kappa shape index (κ2) is 5.55. The predicted octanol–water partition coefficient (Wildman–Crippen LogP) is 0.320. The molecule has 1 aromatic rings. The number of aromatic nitrogens is 3. The summed E-state index contributed by atoms with van der Waals surface area (Å²) in [5.74, 6) is -0.0766. The van der Waals surface area contributed by atoms with Gasteiger partial charge < -0.3 is 4.74 Å². The van der Waals surface area contributed by atoms with Gasteiger partial charge >= 0.3 is 11.7 Å². The van der Waals surface area contributed by atoms with Crippen LogP contribution >= 0.6 is 11.8 Å². The van der Waals surface area contributed by atoms with Gasteiger partial charge in [0, 0.05) is 18.4 Å². The Kier molecular flexibility index (Phi) is 4.36. The lowest BCUT2D eigenvalue weighted by atomic mass is 10.4. The molecule has 1 N–H and O–H groups in total. The summed E-state index contributed by atoms with van der Waals surface area (Å²) in [5, 5.41) is 6.60. The minimum atomic E-state index is -0.421. The zero-order valence-electron chi connectivity index (χ0n) is 9.15. The summed E-state index contributed by atoms with van der Waals surface area (Å²) in [7, 11) is 1.60. The molecule has 0 aliphatic rings. The van der Waals surface area contributed by atoms with Crippen molar-refractivity contribution in [1.82, 2.24) is 14.8 Å². The molecule has 1 aromatic heterocycles. The van der Waals surface area contributed by atoms with Gasteiger partial charge in [0.25, 0.3) is 0 Å². The van der Waals surface area contributed by atoms with Gasteiger partial charge in [-0.25, -0.2) is 14.7 Å². The van der Waals surface area contributed by atoms with Crippen LogP contribution < -0.4 is 5.69 Å². The first-order valence-corrected chi connectivity index (χ1v) is 5.64. The molecule has 0 atom stereocenters. The van der Waals surface area contributed by atoms with Crippen molar-refractivity contribution in [2.45, 2.75) is 12.1 Å². The van der Waals surface area contributed by atoms with Crippen LogP contribution in [0.1, 0.15) is 6.92 Å². The van der Waals surface area contributed by atoms with Gasteiger partial charge in [0.1, 0.15) is 0 Å². The Morgan fingerprint density at radius 2 is 2.38 bits per heavy atom. The van der Waals surface area contributed by atoms with Gasteiger partial charge in [-0.1, -0.05) is 18.3 Å². The highest BCUT2D eigenvalue weighted by Gasteiger charge is 2.11. The number of nitrogens with zero attached hydrogens (tertiary/aromatic N) is 2. The molecule has 1 rings (SSSR count). The van der Waals surface area contributed by atoms with Crippen molar-refractivity contribution in [1.29, 1.82) is 0 Å². The summed E-state index contributed by atoms with van der Waals surface area (Å²) < 4.78 is 6.14. The van der Waals surface area contributed by atoms with Crippen LogP contribution in [0.5, 0.6) is 0 Å². The van der Waals surface area contributed by atoms with E-state index in [2.05, 4.69) is 16.8 Å². The van der Waals surface area contributed by atoms with E-state index in [9.17, 15) is 9.59 Å². The van der Waals surface area contributed by atoms with E-state index in [1.165, 1.54) is 16.3 Å². The van der Waals surface area contributed by atoms with Crippen LogP contribution in [0.4, 0.5) is 0 Å². The molecule has 0 aromatic carbocycles. The van der Waals surface area contributed by atoms with Crippen molar-refractivity contribution >= 4 is 17.7 Å². The fourth-order valence-electron chi connectivity index (χ4n) is 0.905. The molecular formula is C9H13N3O3S. The predicted molar refractivity (Wildman–Crippen MR) is 60.3 cm³/mol. The van der Waals surface area contributed by atoms with Gasteiger partial charge in [-0.2, -0.15) is 0 Å².